The van der Waals surface area contributed by atoms with Gasteiger partial charge >= 0.3 is 5.51 Å². The monoisotopic (exact) mass is 324 g/mol. The third-order valence-corrected chi connectivity index (χ3v) is 4.39. The average Bonchev–Trinajstić information content (AvgIpc) is 2.37. The molecule has 0 aliphatic rings. The number of rotatable bonds is 6. The number of nitrogens with zero attached hydrogens (tertiary/aromatic N) is 1. The van der Waals surface area contributed by atoms with Crippen LogP contribution in [0.4, 0.5) is 18.9 Å². The number of halogens is 3. The zero-order chi connectivity index (χ0) is 16.3. The summed E-state index contributed by atoms with van der Waals surface area (Å²) < 4.78 is 59.7. The van der Waals surface area contributed by atoms with Gasteiger partial charge in [-0.2, -0.15) is 13.2 Å². The molecule has 0 fully saturated rings. The first-order valence-electron chi connectivity index (χ1n) is 6.41. The molecule has 0 bridgehead atoms. The maximum atomic E-state index is 12.4. The van der Waals surface area contributed by atoms with Crippen LogP contribution in [0, 0.1) is 0 Å². The van der Waals surface area contributed by atoms with E-state index in [0.717, 1.165) is 18.7 Å². The minimum Gasteiger partial charge on any atom is -0.373 e. The van der Waals surface area contributed by atoms with Crippen molar-refractivity contribution >= 4 is 15.5 Å². The molecule has 0 aliphatic heterocycles. The lowest BCUT2D eigenvalue weighted by atomic mass is 10.3. The van der Waals surface area contributed by atoms with Gasteiger partial charge in [0.1, 0.15) is 0 Å². The standard InChI is InChI=1S/C13H19F3N2O2S/c1-10(2)17-8-9-18(3)11-4-6-12(7-5-11)21(19,20)13(14,15)16/h4-7,10,17H,8-9H2,1-3H3. The molecule has 120 valence electrons. The van der Waals surface area contributed by atoms with Gasteiger partial charge in [-0.15, -0.1) is 0 Å². The first-order chi connectivity index (χ1) is 9.55. The van der Waals surface area contributed by atoms with Crippen LogP contribution in [0.3, 0.4) is 0 Å². The lowest BCUT2D eigenvalue weighted by Gasteiger charge is -2.20. The van der Waals surface area contributed by atoms with Gasteiger partial charge in [-0.25, -0.2) is 8.42 Å². The molecule has 0 aromatic heterocycles. The van der Waals surface area contributed by atoms with Gasteiger partial charge in [0.05, 0.1) is 4.90 Å². The molecule has 1 aromatic carbocycles. The molecule has 0 saturated carbocycles. The second-order valence-electron chi connectivity index (χ2n) is 4.97. The van der Waals surface area contributed by atoms with Crippen molar-refractivity contribution in [3.63, 3.8) is 0 Å². The van der Waals surface area contributed by atoms with E-state index in [0.29, 0.717) is 18.3 Å². The van der Waals surface area contributed by atoms with Gasteiger partial charge in [-0.05, 0) is 24.3 Å². The maximum Gasteiger partial charge on any atom is 0.501 e. The Kier molecular flexibility index (Phi) is 5.63. The Hall–Kier alpha value is -1.28. The lowest BCUT2D eigenvalue weighted by molar-refractivity contribution is -0.0436. The molecule has 0 saturated heterocycles. The number of hydrogen-bond acceptors (Lipinski definition) is 4. The number of anilines is 1. The molecule has 1 rings (SSSR count). The van der Waals surface area contributed by atoms with Gasteiger partial charge in [-0.1, -0.05) is 13.8 Å². The predicted molar refractivity (Wildman–Crippen MR) is 76.1 cm³/mol. The van der Waals surface area contributed by atoms with Gasteiger partial charge in [0.15, 0.2) is 0 Å². The molecule has 4 nitrogen and oxygen atoms in total. The Morgan fingerprint density at radius 2 is 1.71 bits per heavy atom. The van der Waals surface area contributed by atoms with Gasteiger partial charge < -0.3 is 10.2 Å². The molecule has 21 heavy (non-hydrogen) atoms. The summed E-state index contributed by atoms with van der Waals surface area (Å²) in [5.41, 5.74) is -4.62. The van der Waals surface area contributed by atoms with E-state index in [2.05, 4.69) is 5.32 Å². The Bertz CT molecular complexity index is 554. The van der Waals surface area contributed by atoms with Crippen LogP contribution in [0.2, 0.25) is 0 Å². The minimum atomic E-state index is -5.28. The van der Waals surface area contributed by atoms with Crippen LogP contribution >= 0.6 is 0 Å². The minimum absolute atomic E-state index is 0.345. The topological polar surface area (TPSA) is 49.4 Å². The molecule has 8 heteroatoms. The number of likely N-dealkylation sites (N-methyl/N-ethyl adjacent to an activating group) is 1. The molecule has 0 unspecified atom stereocenters. The molecular formula is C13H19F3N2O2S. The Morgan fingerprint density at radius 3 is 2.14 bits per heavy atom. The Morgan fingerprint density at radius 1 is 1.19 bits per heavy atom. The van der Waals surface area contributed by atoms with Crippen molar-refractivity contribution in [3.8, 4) is 0 Å². The largest absolute Gasteiger partial charge is 0.501 e. The van der Waals surface area contributed by atoms with Crippen molar-refractivity contribution in [2.45, 2.75) is 30.3 Å². The van der Waals surface area contributed by atoms with Crippen LogP contribution in [0.25, 0.3) is 0 Å². The summed E-state index contributed by atoms with van der Waals surface area (Å²) in [5.74, 6) is 0. The highest BCUT2D eigenvalue weighted by atomic mass is 32.2. The SMILES string of the molecule is CC(C)NCCN(C)c1ccc(S(=O)(=O)C(F)(F)F)cc1. The summed E-state index contributed by atoms with van der Waals surface area (Å²) in [6.07, 6.45) is 0. The van der Waals surface area contributed by atoms with E-state index in [1.807, 2.05) is 18.7 Å². The zero-order valence-electron chi connectivity index (χ0n) is 12.1. The van der Waals surface area contributed by atoms with Crippen LogP contribution in [0.5, 0.6) is 0 Å². The van der Waals surface area contributed by atoms with Crippen LogP contribution in [0.1, 0.15) is 13.8 Å². The summed E-state index contributed by atoms with van der Waals surface area (Å²) >= 11 is 0. The van der Waals surface area contributed by atoms with Crippen LogP contribution in [-0.4, -0.2) is 40.1 Å². The van der Waals surface area contributed by atoms with E-state index in [4.69, 9.17) is 0 Å². The molecule has 0 heterocycles. The fraction of sp³-hybridized carbons (Fsp3) is 0.538. The average molecular weight is 324 g/mol. The van der Waals surface area contributed by atoms with E-state index < -0.39 is 20.2 Å². The number of sulfone groups is 1. The highest BCUT2D eigenvalue weighted by Gasteiger charge is 2.46. The fourth-order valence-electron chi connectivity index (χ4n) is 1.66. The number of nitrogens with one attached hydrogen (secondary N) is 1. The molecule has 0 spiro atoms. The summed E-state index contributed by atoms with van der Waals surface area (Å²) in [5, 5.41) is 3.22. The van der Waals surface area contributed by atoms with E-state index in [-0.39, 0.29) is 0 Å². The van der Waals surface area contributed by atoms with Crippen LogP contribution in [-0.2, 0) is 9.84 Å². The molecule has 0 radical (unpaired) electrons. The van der Waals surface area contributed by atoms with Crippen LogP contribution < -0.4 is 10.2 Å². The van der Waals surface area contributed by atoms with Crippen molar-refractivity contribution < 1.29 is 21.6 Å². The third-order valence-electron chi connectivity index (χ3n) is 2.89. The quantitative estimate of drug-likeness (QED) is 0.873. The fourth-order valence-corrected chi connectivity index (χ4v) is 2.43. The predicted octanol–water partition coefficient (Wildman–Crippen LogP) is 2.41. The molecular weight excluding hydrogens is 305 g/mol. The van der Waals surface area contributed by atoms with Crippen molar-refractivity contribution in [1.29, 1.82) is 0 Å². The van der Waals surface area contributed by atoms with Gasteiger partial charge in [0, 0.05) is 31.9 Å². The van der Waals surface area contributed by atoms with E-state index >= 15 is 0 Å². The van der Waals surface area contributed by atoms with E-state index in [1.54, 1.807) is 7.05 Å². The number of alkyl halides is 3. The summed E-state index contributed by atoms with van der Waals surface area (Å²) in [6.45, 7) is 5.40. The first kappa shape index (κ1) is 17.8. The zero-order valence-corrected chi connectivity index (χ0v) is 12.9. The van der Waals surface area contributed by atoms with Crippen molar-refractivity contribution in [2.75, 3.05) is 25.0 Å². The summed E-state index contributed by atoms with van der Waals surface area (Å²) in [4.78, 5) is 1.09. The normalized spacial score (nSPS) is 12.7. The number of benzene rings is 1. The molecule has 1 aromatic rings. The first-order valence-corrected chi connectivity index (χ1v) is 7.90. The number of hydrogen-bond donors (Lipinski definition) is 1. The van der Waals surface area contributed by atoms with Gasteiger partial charge in [0.2, 0.25) is 0 Å². The Labute approximate surface area is 122 Å². The summed E-state index contributed by atoms with van der Waals surface area (Å²) in [7, 11) is -3.49. The second kappa shape index (κ2) is 6.65. The summed E-state index contributed by atoms with van der Waals surface area (Å²) in [6, 6.07) is 5.04. The van der Waals surface area contributed by atoms with E-state index in [9.17, 15) is 21.6 Å². The smallest absolute Gasteiger partial charge is 0.373 e. The molecule has 0 amide bonds. The molecule has 0 atom stereocenters. The van der Waals surface area contributed by atoms with Gasteiger partial charge in [-0.3, -0.25) is 0 Å². The molecule has 0 aliphatic carbocycles. The van der Waals surface area contributed by atoms with Crippen molar-refractivity contribution in [3.05, 3.63) is 24.3 Å². The van der Waals surface area contributed by atoms with E-state index in [1.165, 1.54) is 12.1 Å². The Balaban J connectivity index is 2.79. The third kappa shape index (κ3) is 4.60. The van der Waals surface area contributed by atoms with Crippen LogP contribution in [0.15, 0.2) is 29.2 Å². The van der Waals surface area contributed by atoms with Crippen molar-refractivity contribution in [2.24, 2.45) is 0 Å². The highest BCUT2D eigenvalue weighted by Crippen LogP contribution is 2.30. The van der Waals surface area contributed by atoms with Crippen molar-refractivity contribution in [1.82, 2.24) is 5.32 Å². The second-order valence-corrected chi connectivity index (χ2v) is 6.91. The molecule has 1 N–H and O–H groups in total. The van der Waals surface area contributed by atoms with Gasteiger partial charge in [0.25, 0.3) is 9.84 Å². The lowest BCUT2D eigenvalue weighted by Crippen LogP contribution is -2.32. The highest BCUT2D eigenvalue weighted by molar-refractivity contribution is 7.92. The maximum absolute atomic E-state index is 12.4.